The van der Waals surface area contributed by atoms with Gasteiger partial charge in [0.1, 0.15) is 24.3 Å². The first kappa shape index (κ1) is 19.4. The Kier molecular flexibility index (Phi) is 7.45. The number of hydrogen-bond donors (Lipinski definition) is 2. The van der Waals surface area contributed by atoms with Gasteiger partial charge in [-0.1, -0.05) is 6.92 Å². The van der Waals surface area contributed by atoms with E-state index in [2.05, 4.69) is 5.32 Å². The van der Waals surface area contributed by atoms with Crippen LogP contribution in [-0.2, 0) is 4.79 Å². The largest absolute Gasteiger partial charge is 0.491 e. The van der Waals surface area contributed by atoms with Crippen molar-refractivity contribution in [3.05, 3.63) is 30.1 Å². The molecule has 0 aliphatic carbocycles. The van der Waals surface area contributed by atoms with Gasteiger partial charge in [0.05, 0.1) is 6.54 Å². The second kappa shape index (κ2) is 8.84. The van der Waals surface area contributed by atoms with Crippen molar-refractivity contribution in [3.63, 3.8) is 0 Å². The summed E-state index contributed by atoms with van der Waals surface area (Å²) in [4.78, 5) is 13.8. The smallest absolute Gasteiger partial charge is 0.234 e. The molecule has 23 heavy (non-hydrogen) atoms. The molecule has 130 valence electrons. The maximum absolute atomic E-state index is 12.8. The van der Waals surface area contributed by atoms with Crippen LogP contribution in [0.25, 0.3) is 0 Å². The highest BCUT2D eigenvalue weighted by Gasteiger charge is 2.18. The minimum Gasteiger partial charge on any atom is -0.491 e. The minimum atomic E-state index is -0.734. The fourth-order valence-corrected chi connectivity index (χ4v) is 2.04. The van der Waals surface area contributed by atoms with Crippen LogP contribution in [-0.4, -0.2) is 53.8 Å². The molecular formula is C17H27FN2O3. The van der Waals surface area contributed by atoms with E-state index in [1.54, 1.807) is 0 Å². The van der Waals surface area contributed by atoms with Crippen molar-refractivity contribution in [3.8, 4) is 5.75 Å². The molecule has 0 spiro atoms. The molecule has 0 fully saturated rings. The molecule has 2 N–H and O–H groups in total. The fourth-order valence-electron chi connectivity index (χ4n) is 2.04. The van der Waals surface area contributed by atoms with Crippen LogP contribution < -0.4 is 10.1 Å². The fraction of sp³-hybridized carbons (Fsp3) is 0.588. The van der Waals surface area contributed by atoms with Gasteiger partial charge in [-0.25, -0.2) is 4.39 Å². The summed E-state index contributed by atoms with van der Waals surface area (Å²) in [7, 11) is 0. The molecule has 0 saturated heterocycles. The van der Waals surface area contributed by atoms with E-state index in [9.17, 15) is 14.3 Å². The number of halogens is 1. The molecule has 1 aromatic carbocycles. The molecule has 0 aliphatic heterocycles. The number of aliphatic hydroxyl groups is 1. The minimum absolute atomic E-state index is 0.0778. The summed E-state index contributed by atoms with van der Waals surface area (Å²) in [6, 6.07) is 5.63. The number of amides is 1. The topological polar surface area (TPSA) is 61.8 Å². The normalized spacial score (nSPS) is 13.0. The van der Waals surface area contributed by atoms with Crippen LogP contribution in [0.3, 0.4) is 0 Å². The van der Waals surface area contributed by atoms with Crippen molar-refractivity contribution < 1.29 is 19.0 Å². The molecule has 1 unspecified atom stereocenters. The number of nitrogens with one attached hydrogen (secondary N) is 1. The van der Waals surface area contributed by atoms with E-state index in [0.717, 1.165) is 0 Å². The Labute approximate surface area is 137 Å². The summed E-state index contributed by atoms with van der Waals surface area (Å²) < 4.78 is 18.2. The zero-order valence-corrected chi connectivity index (χ0v) is 14.3. The third kappa shape index (κ3) is 8.52. The predicted molar refractivity (Wildman–Crippen MR) is 87.9 cm³/mol. The van der Waals surface area contributed by atoms with Gasteiger partial charge in [-0.3, -0.25) is 9.69 Å². The highest BCUT2D eigenvalue weighted by Crippen LogP contribution is 2.11. The van der Waals surface area contributed by atoms with Gasteiger partial charge in [-0.15, -0.1) is 0 Å². The number of benzene rings is 1. The van der Waals surface area contributed by atoms with Crippen LogP contribution in [0.5, 0.6) is 5.75 Å². The maximum Gasteiger partial charge on any atom is 0.234 e. The van der Waals surface area contributed by atoms with E-state index < -0.39 is 6.10 Å². The average Bonchev–Trinajstić information content (AvgIpc) is 2.44. The number of carbonyl (C=O) groups is 1. The van der Waals surface area contributed by atoms with Gasteiger partial charge < -0.3 is 15.2 Å². The summed E-state index contributed by atoms with van der Waals surface area (Å²) in [5.41, 5.74) is -0.277. The lowest BCUT2D eigenvalue weighted by molar-refractivity contribution is -0.124. The number of ether oxygens (including phenoxy) is 1. The summed E-state index contributed by atoms with van der Waals surface area (Å²) in [5, 5.41) is 12.9. The SMILES string of the molecule is CCN(CC(=O)NC(C)(C)C)CC(O)COc1ccc(F)cc1. The van der Waals surface area contributed by atoms with Crippen LogP contribution in [0.2, 0.25) is 0 Å². The van der Waals surface area contributed by atoms with E-state index in [1.165, 1.54) is 24.3 Å². The molecular weight excluding hydrogens is 299 g/mol. The molecule has 0 aromatic heterocycles. The lowest BCUT2D eigenvalue weighted by Gasteiger charge is -2.26. The van der Waals surface area contributed by atoms with Crippen LogP contribution in [0.1, 0.15) is 27.7 Å². The summed E-state index contributed by atoms with van der Waals surface area (Å²) in [6.07, 6.45) is -0.734. The average molecular weight is 326 g/mol. The quantitative estimate of drug-likeness (QED) is 0.765. The van der Waals surface area contributed by atoms with Gasteiger partial charge >= 0.3 is 0 Å². The lowest BCUT2D eigenvalue weighted by Crippen LogP contribution is -2.47. The highest BCUT2D eigenvalue weighted by atomic mass is 19.1. The van der Waals surface area contributed by atoms with Gasteiger partial charge in [0, 0.05) is 12.1 Å². The Morgan fingerprint density at radius 1 is 1.35 bits per heavy atom. The van der Waals surface area contributed by atoms with Gasteiger partial charge in [-0.05, 0) is 51.6 Å². The van der Waals surface area contributed by atoms with Crippen molar-refractivity contribution in [1.82, 2.24) is 10.2 Å². The molecule has 1 aromatic rings. The van der Waals surface area contributed by atoms with Gasteiger partial charge in [-0.2, -0.15) is 0 Å². The third-order valence-corrected chi connectivity index (χ3v) is 3.05. The summed E-state index contributed by atoms with van der Waals surface area (Å²) in [6.45, 7) is 8.98. The van der Waals surface area contributed by atoms with E-state index in [-0.39, 0.29) is 30.4 Å². The first-order valence-corrected chi connectivity index (χ1v) is 7.79. The van der Waals surface area contributed by atoms with Crippen molar-refractivity contribution >= 4 is 5.91 Å². The Morgan fingerprint density at radius 2 is 1.96 bits per heavy atom. The van der Waals surface area contributed by atoms with E-state index in [1.807, 2.05) is 32.6 Å². The van der Waals surface area contributed by atoms with E-state index >= 15 is 0 Å². The number of likely N-dealkylation sites (N-methyl/N-ethyl adjacent to an activating group) is 1. The molecule has 0 radical (unpaired) electrons. The lowest BCUT2D eigenvalue weighted by atomic mass is 10.1. The van der Waals surface area contributed by atoms with Gasteiger partial charge in [0.25, 0.3) is 0 Å². The standard InChI is InChI=1S/C17H27FN2O3/c1-5-20(11-16(22)19-17(2,3)4)10-14(21)12-23-15-8-6-13(18)7-9-15/h6-9,14,21H,5,10-12H2,1-4H3,(H,19,22). The van der Waals surface area contributed by atoms with E-state index in [0.29, 0.717) is 18.8 Å². The number of aliphatic hydroxyl groups excluding tert-OH is 1. The number of carbonyl (C=O) groups excluding carboxylic acids is 1. The second-order valence-corrected chi connectivity index (χ2v) is 6.54. The van der Waals surface area contributed by atoms with E-state index in [4.69, 9.17) is 4.74 Å². The first-order chi connectivity index (χ1) is 10.7. The third-order valence-electron chi connectivity index (χ3n) is 3.05. The number of nitrogens with zero attached hydrogens (tertiary/aromatic N) is 1. The Balaban J connectivity index is 2.39. The van der Waals surface area contributed by atoms with Crippen LogP contribution >= 0.6 is 0 Å². The maximum atomic E-state index is 12.8. The van der Waals surface area contributed by atoms with Gasteiger partial charge in [0.15, 0.2) is 0 Å². The molecule has 0 saturated carbocycles. The summed E-state index contributed by atoms with van der Waals surface area (Å²) >= 11 is 0. The van der Waals surface area contributed by atoms with Gasteiger partial charge in [0.2, 0.25) is 5.91 Å². The zero-order chi connectivity index (χ0) is 17.5. The Bertz CT molecular complexity index is 486. The Morgan fingerprint density at radius 3 is 2.48 bits per heavy atom. The van der Waals surface area contributed by atoms with Crippen LogP contribution in [0.15, 0.2) is 24.3 Å². The molecule has 0 bridgehead atoms. The number of rotatable bonds is 8. The first-order valence-electron chi connectivity index (χ1n) is 7.79. The molecule has 6 heteroatoms. The van der Waals surface area contributed by atoms with Crippen molar-refractivity contribution in [2.75, 3.05) is 26.2 Å². The number of hydrogen-bond acceptors (Lipinski definition) is 4. The second-order valence-electron chi connectivity index (χ2n) is 6.54. The summed E-state index contributed by atoms with van der Waals surface area (Å²) in [5.74, 6) is 0.0879. The molecule has 5 nitrogen and oxygen atoms in total. The molecule has 1 atom stereocenters. The molecule has 0 heterocycles. The molecule has 1 amide bonds. The van der Waals surface area contributed by atoms with Crippen molar-refractivity contribution in [2.24, 2.45) is 0 Å². The van der Waals surface area contributed by atoms with Crippen LogP contribution in [0.4, 0.5) is 4.39 Å². The molecule has 0 aliphatic rings. The monoisotopic (exact) mass is 326 g/mol. The zero-order valence-electron chi connectivity index (χ0n) is 14.3. The highest BCUT2D eigenvalue weighted by molar-refractivity contribution is 5.78. The Hall–Kier alpha value is -1.66. The van der Waals surface area contributed by atoms with Crippen molar-refractivity contribution in [1.29, 1.82) is 0 Å². The molecule has 1 rings (SSSR count). The predicted octanol–water partition coefficient (Wildman–Crippen LogP) is 1.80. The van der Waals surface area contributed by atoms with Crippen molar-refractivity contribution in [2.45, 2.75) is 39.3 Å². The van der Waals surface area contributed by atoms with Crippen LogP contribution in [0, 0.1) is 5.82 Å².